The molecule has 8 nitrogen and oxygen atoms in total. The van der Waals surface area contributed by atoms with Gasteiger partial charge in [0, 0.05) is 18.6 Å². The predicted octanol–water partition coefficient (Wildman–Crippen LogP) is 2.48. The van der Waals surface area contributed by atoms with Crippen LogP contribution in [0.25, 0.3) is 5.82 Å². The molecule has 1 aliphatic carbocycles. The van der Waals surface area contributed by atoms with E-state index in [4.69, 9.17) is 4.74 Å². The van der Waals surface area contributed by atoms with E-state index in [2.05, 4.69) is 20.4 Å². The fraction of sp³-hybridized carbons (Fsp3) is 0.211. The highest BCUT2D eigenvalue weighted by molar-refractivity contribution is 6.06. The number of aromatic nitrogens is 4. The van der Waals surface area contributed by atoms with Gasteiger partial charge in [0.25, 0.3) is 5.91 Å². The molecule has 0 aliphatic heterocycles. The van der Waals surface area contributed by atoms with Crippen LogP contribution in [0.1, 0.15) is 33.7 Å². The van der Waals surface area contributed by atoms with Crippen molar-refractivity contribution >= 4 is 17.7 Å². The standard InChI is InChI=1S/C19H17N5O3/c25-18(15-4-1-2-9-20-15)23-17-14(19(26)27-12-13-5-6-13)7-8-16(22-17)24-11-3-10-21-24/h1-4,7-11,13H,5-6,12H2,(H,22,23,25). The first kappa shape index (κ1) is 16.9. The molecule has 8 heteroatoms. The molecule has 0 bridgehead atoms. The van der Waals surface area contributed by atoms with Crippen molar-refractivity contribution in [2.24, 2.45) is 5.92 Å². The maximum atomic E-state index is 12.5. The number of amides is 1. The highest BCUT2D eigenvalue weighted by Crippen LogP contribution is 2.29. The minimum Gasteiger partial charge on any atom is -0.462 e. The third-order valence-electron chi connectivity index (χ3n) is 4.12. The fourth-order valence-electron chi connectivity index (χ4n) is 2.47. The number of nitrogens with zero attached hydrogens (tertiary/aromatic N) is 4. The summed E-state index contributed by atoms with van der Waals surface area (Å²) in [6, 6.07) is 9.99. The molecule has 3 heterocycles. The van der Waals surface area contributed by atoms with Gasteiger partial charge in [0.2, 0.25) is 0 Å². The average Bonchev–Trinajstić information content (AvgIpc) is 3.37. The van der Waals surface area contributed by atoms with Crippen LogP contribution in [0.4, 0.5) is 5.82 Å². The summed E-state index contributed by atoms with van der Waals surface area (Å²) < 4.78 is 6.88. The lowest BCUT2D eigenvalue weighted by Gasteiger charge is -2.12. The second-order valence-electron chi connectivity index (χ2n) is 6.23. The van der Waals surface area contributed by atoms with E-state index in [0.717, 1.165) is 12.8 Å². The normalized spacial score (nSPS) is 13.2. The first-order valence-electron chi connectivity index (χ1n) is 8.61. The van der Waals surface area contributed by atoms with E-state index in [-0.39, 0.29) is 17.1 Å². The van der Waals surface area contributed by atoms with Crippen LogP contribution in [-0.2, 0) is 4.74 Å². The molecule has 0 unspecified atom stereocenters. The van der Waals surface area contributed by atoms with E-state index in [1.807, 2.05) is 0 Å². The zero-order valence-electron chi connectivity index (χ0n) is 14.4. The van der Waals surface area contributed by atoms with Crippen LogP contribution in [0.15, 0.2) is 55.0 Å². The zero-order chi connectivity index (χ0) is 18.6. The molecule has 3 aromatic heterocycles. The molecule has 0 aromatic carbocycles. The molecule has 1 saturated carbocycles. The summed E-state index contributed by atoms with van der Waals surface area (Å²) in [5.74, 6) is 0.0426. The van der Waals surface area contributed by atoms with Crippen LogP contribution < -0.4 is 5.32 Å². The summed E-state index contributed by atoms with van der Waals surface area (Å²) in [5.41, 5.74) is 0.414. The van der Waals surface area contributed by atoms with Crippen LogP contribution in [-0.4, -0.2) is 38.2 Å². The molecule has 27 heavy (non-hydrogen) atoms. The van der Waals surface area contributed by atoms with Crippen LogP contribution in [0.2, 0.25) is 0 Å². The molecule has 1 N–H and O–H groups in total. The molecule has 0 radical (unpaired) electrons. The quantitative estimate of drug-likeness (QED) is 0.676. The van der Waals surface area contributed by atoms with Crippen molar-refractivity contribution in [2.45, 2.75) is 12.8 Å². The van der Waals surface area contributed by atoms with Gasteiger partial charge in [-0.1, -0.05) is 6.07 Å². The number of esters is 1. The SMILES string of the molecule is O=C(Nc1nc(-n2cccn2)ccc1C(=O)OCC1CC1)c1ccccn1. The Bertz CT molecular complexity index is 953. The van der Waals surface area contributed by atoms with Crippen LogP contribution >= 0.6 is 0 Å². The van der Waals surface area contributed by atoms with Gasteiger partial charge in [-0.3, -0.25) is 9.78 Å². The Hall–Kier alpha value is -3.55. The Labute approximate surface area is 155 Å². The van der Waals surface area contributed by atoms with Gasteiger partial charge in [-0.05, 0) is 49.1 Å². The van der Waals surface area contributed by atoms with E-state index in [0.29, 0.717) is 18.3 Å². The zero-order valence-corrected chi connectivity index (χ0v) is 14.4. The molecule has 0 spiro atoms. The highest BCUT2D eigenvalue weighted by Gasteiger charge is 2.25. The lowest BCUT2D eigenvalue weighted by atomic mass is 10.2. The molecule has 0 atom stereocenters. The lowest BCUT2D eigenvalue weighted by Crippen LogP contribution is -2.19. The number of hydrogen-bond donors (Lipinski definition) is 1. The summed E-state index contributed by atoms with van der Waals surface area (Å²) >= 11 is 0. The molecule has 136 valence electrons. The van der Waals surface area contributed by atoms with Gasteiger partial charge in [0.1, 0.15) is 17.1 Å². The maximum absolute atomic E-state index is 12.5. The van der Waals surface area contributed by atoms with E-state index >= 15 is 0 Å². The summed E-state index contributed by atoms with van der Waals surface area (Å²) in [6.45, 7) is 0.382. The van der Waals surface area contributed by atoms with E-state index in [1.165, 1.54) is 10.9 Å². The minimum atomic E-state index is -0.516. The second-order valence-corrected chi connectivity index (χ2v) is 6.23. The van der Waals surface area contributed by atoms with E-state index in [1.54, 1.807) is 48.8 Å². The summed E-state index contributed by atoms with van der Waals surface area (Å²) in [5, 5.41) is 6.78. The first-order valence-corrected chi connectivity index (χ1v) is 8.61. The van der Waals surface area contributed by atoms with Gasteiger partial charge in [-0.25, -0.2) is 14.5 Å². The summed E-state index contributed by atoms with van der Waals surface area (Å²) in [7, 11) is 0. The molecular formula is C19H17N5O3. The Morgan fingerprint density at radius 1 is 1.15 bits per heavy atom. The molecule has 3 aromatic rings. The van der Waals surface area contributed by atoms with Crippen molar-refractivity contribution in [2.75, 3.05) is 11.9 Å². The van der Waals surface area contributed by atoms with Gasteiger partial charge < -0.3 is 10.1 Å². The smallest absolute Gasteiger partial charge is 0.341 e. The number of pyridine rings is 2. The van der Waals surface area contributed by atoms with Gasteiger partial charge in [-0.2, -0.15) is 5.10 Å². The molecule has 1 fully saturated rings. The summed E-state index contributed by atoms with van der Waals surface area (Å²) in [6.07, 6.45) is 7.01. The summed E-state index contributed by atoms with van der Waals surface area (Å²) in [4.78, 5) is 33.3. The number of rotatable bonds is 6. The Morgan fingerprint density at radius 3 is 2.74 bits per heavy atom. The molecule has 1 aliphatic rings. The van der Waals surface area contributed by atoms with Gasteiger partial charge >= 0.3 is 5.97 Å². The number of carbonyl (C=O) groups is 2. The number of ether oxygens (including phenoxy) is 1. The Kier molecular flexibility index (Phi) is 4.61. The number of anilines is 1. The number of nitrogens with one attached hydrogen (secondary N) is 1. The Balaban J connectivity index is 1.63. The lowest BCUT2D eigenvalue weighted by molar-refractivity contribution is 0.0487. The third-order valence-corrected chi connectivity index (χ3v) is 4.12. The maximum Gasteiger partial charge on any atom is 0.341 e. The van der Waals surface area contributed by atoms with Crippen molar-refractivity contribution in [1.82, 2.24) is 19.7 Å². The number of hydrogen-bond acceptors (Lipinski definition) is 6. The highest BCUT2D eigenvalue weighted by atomic mass is 16.5. The van der Waals surface area contributed by atoms with Crippen molar-refractivity contribution in [3.8, 4) is 5.82 Å². The predicted molar refractivity (Wildman–Crippen MR) is 96.6 cm³/mol. The molecule has 1 amide bonds. The molecular weight excluding hydrogens is 346 g/mol. The van der Waals surface area contributed by atoms with Crippen LogP contribution in [0, 0.1) is 5.92 Å². The van der Waals surface area contributed by atoms with Crippen molar-refractivity contribution in [1.29, 1.82) is 0 Å². The topological polar surface area (TPSA) is 99.0 Å². The largest absolute Gasteiger partial charge is 0.462 e. The fourth-order valence-corrected chi connectivity index (χ4v) is 2.47. The van der Waals surface area contributed by atoms with E-state index in [9.17, 15) is 9.59 Å². The number of carbonyl (C=O) groups excluding carboxylic acids is 2. The van der Waals surface area contributed by atoms with Crippen molar-refractivity contribution in [3.63, 3.8) is 0 Å². The third kappa shape index (κ3) is 4.00. The van der Waals surface area contributed by atoms with Crippen molar-refractivity contribution in [3.05, 3.63) is 66.2 Å². The van der Waals surface area contributed by atoms with Gasteiger partial charge in [-0.15, -0.1) is 0 Å². The average molecular weight is 363 g/mol. The van der Waals surface area contributed by atoms with E-state index < -0.39 is 11.9 Å². The van der Waals surface area contributed by atoms with Crippen LogP contribution in [0.5, 0.6) is 0 Å². The van der Waals surface area contributed by atoms with Crippen LogP contribution in [0.3, 0.4) is 0 Å². The first-order chi connectivity index (χ1) is 13.2. The Morgan fingerprint density at radius 2 is 2.04 bits per heavy atom. The minimum absolute atomic E-state index is 0.111. The second kappa shape index (κ2) is 7.36. The monoisotopic (exact) mass is 363 g/mol. The van der Waals surface area contributed by atoms with Gasteiger partial charge in [0.15, 0.2) is 5.82 Å². The molecule has 0 saturated heterocycles. The van der Waals surface area contributed by atoms with Gasteiger partial charge in [0.05, 0.1) is 6.61 Å². The van der Waals surface area contributed by atoms with Crippen molar-refractivity contribution < 1.29 is 14.3 Å². The molecule has 4 rings (SSSR count).